The summed E-state index contributed by atoms with van der Waals surface area (Å²) < 4.78 is 6.75. The number of ether oxygens (including phenoxy) is 1. The summed E-state index contributed by atoms with van der Waals surface area (Å²) in [6.45, 7) is 0.256. The number of aromatic nitrogens is 2. The molecule has 0 unspecified atom stereocenters. The molecule has 0 N–H and O–H groups in total. The molecule has 0 aliphatic carbocycles. The number of carbonyl (C=O) groups is 2. The molecular weight excluding hydrogens is 399 g/mol. The lowest BCUT2D eigenvalue weighted by molar-refractivity contribution is -0.136. The number of Topliss-reactive ketones (excluding diaryl/α,β-unsaturated/α-hetero) is 1. The van der Waals surface area contributed by atoms with Crippen LogP contribution in [-0.4, -0.2) is 28.1 Å². The molecule has 3 aromatic rings. The quantitative estimate of drug-likeness (QED) is 0.320. The van der Waals surface area contributed by atoms with E-state index in [4.69, 9.17) is 27.9 Å². The van der Waals surface area contributed by atoms with Crippen LogP contribution in [0.1, 0.15) is 21.5 Å². The van der Waals surface area contributed by atoms with Gasteiger partial charge in [0.05, 0.1) is 22.8 Å². The van der Waals surface area contributed by atoms with Crippen LogP contribution in [0.5, 0.6) is 0 Å². The van der Waals surface area contributed by atoms with Crippen LogP contribution in [0.15, 0.2) is 67.0 Å². The molecule has 0 saturated carbocycles. The molecule has 0 radical (unpaired) electrons. The Morgan fingerprint density at radius 1 is 1.07 bits per heavy atom. The van der Waals surface area contributed by atoms with Crippen molar-refractivity contribution in [3.63, 3.8) is 0 Å². The monoisotopic (exact) mass is 414 g/mol. The highest BCUT2D eigenvalue weighted by molar-refractivity contribution is 6.42. The van der Waals surface area contributed by atoms with Crippen molar-refractivity contribution in [1.29, 1.82) is 0 Å². The molecule has 3 rings (SSSR count). The average Bonchev–Trinajstić information content (AvgIpc) is 3.14. The number of ketones is 1. The Labute approximate surface area is 172 Å². The zero-order valence-electron chi connectivity index (χ0n) is 14.7. The van der Waals surface area contributed by atoms with Crippen LogP contribution in [-0.2, 0) is 16.1 Å². The van der Waals surface area contributed by atoms with E-state index in [0.29, 0.717) is 17.1 Å². The van der Waals surface area contributed by atoms with E-state index in [1.165, 1.54) is 24.3 Å². The van der Waals surface area contributed by atoms with Crippen LogP contribution in [0.25, 0.3) is 6.08 Å². The van der Waals surface area contributed by atoms with Crippen molar-refractivity contribution >= 4 is 41.0 Å². The van der Waals surface area contributed by atoms with Crippen LogP contribution >= 0.6 is 23.2 Å². The molecule has 1 aromatic heterocycles. The highest BCUT2D eigenvalue weighted by Crippen LogP contribution is 2.22. The van der Waals surface area contributed by atoms with Gasteiger partial charge in [-0.1, -0.05) is 53.5 Å². The molecule has 7 heteroatoms. The summed E-state index contributed by atoms with van der Waals surface area (Å²) in [6, 6.07) is 14.4. The largest absolute Gasteiger partial charge is 0.454 e. The summed E-state index contributed by atoms with van der Waals surface area (Å²) in [6.07, 6.45) is 6.30. The fraction of sp³-hybridized carbons (Fsp3) is 0.0952. The second kappa shape index (κ2) is 9.35. The van der Waals surface area contributed by atoms with E-state index >= 15 is 0 Å². The third-order valence-corrected chi connectivity index (χ3v) is 4.58. The van der Waals surface area contributed by atoms with Gasteiger partial charge in [-0.2, -0.15) is 5.10 Å². The Hall–Kier alpha value is -2.89. The lowest BCUT2D eigenvalue weighted by Crippen LogP contribution is -2.12. The van der Waals surface area contributed by atoms with Crippen LogP contribution in [0.2, 0.25) is 10.0 Å². The fourth-order valence-electron chi connectivity index (χ4n) is 2.42. The standard InChI is InChI=1S/C21H16Cl2N2O3/c22-18-8-7-17(10-19(18)23)20(26)14-28-21(27)9-6-16-11-24-25(13-16)12-15-4-2-1-3-5-15/h1-11,13H,12,14H2/b9-6+. The predicted molar refractivity (Wildman–Crippen MR) is 109 cm³/mol. The van der Waals surface area contributed by atoms with Gasteiger partial charge >= 0.3 is 5.97 Å². The van der Waals surface area contributed by atoms with E-state index in [2.05, 4.69) is 5.10 Å². The summed E-state index contributed by atoms with van der Waals surface area (Å²) >= 11 is 11.7. The first-order chi connectivity index (χ1) is 13.5. The van der Waals surface area contributed by atoms with E-state index in [9.17, 15) is 9.59 Å². The molecule has 2 aromatic carbocycles. The SMILES string of the molecule is O=C(/C=C/c1cnn(Cc2ccccc2)c1)OCC(=O)c1ccc(Cl)c(Cl)c1. The smallest absolute Gasteiger partial charge is 0.331 e. The molecule has 0 fully saturated rings. The third-order valence-electron chi connectivity index (χ3n) is 3.84. The molecule has 0 amide bonds. The first-order valence-electron chi connectivity index (χ1n) is 8.41. The van der Waals surface area contributed by atoms with Gasteiger partial charge in [-0.15, -0.1) is 0 Å². The van der Waals surface area contributed by atoms with Crippen LogP contribution in [0.3, 0.4) is 0 Å². The van der Waals surface area contributed by atoms with E-state index in [1.54, 1.807) is 17.0 Å². The molecule has 0 atom stereocenters. The number of hydrogen-bond acceptors (Lipinski definition) is 4. The van der Waals surface area contributed by atoms with Crippen LogP contribution in [0.4, 0.5) is 0 Å². The average molecular weight is 415 g/mol. The lowest BCUT2D eigenvalue weighted by atomic mass is 10.1. The second-order valence-electron chi connectivity index (χ2n) is 5.95. The molecule has 0 bridgehead atoms. The minimum absolute atomic E-state index is 0.270. The van der Waals surface area contributed by atoms with Gasteiger partial charge in [0.1, 0.15) is 0 Å². The van der Waals surface area contributed by atoms with Crippen molar-refractivity contribution in [1.82, 2.24) is 9.78 Å². The van der Waals surface area contributed by atoms with Crippen molar-refractivity contribution in [2.45, 2.75) is 6.54 Å². The molecule has 0 saturated heterocycles. The molecule has 1 heterocycles. The van der Waals surface area contributed by atoms with Crippen molar-refractivity contribution in [2.75, 3.05) is 6.61 Å². The van der Waals surface area contributed by atoms with Gasteiger partial charge in [-0.3, -0.25) is 9.48 Å². The second-order valence-corrected chi connectivity index (χ2v) is 6.76. The predicted octanol–water partition coefficient (Wildman–Crippen LogP) is 4.68. The maximum atomic E-state index is 12.0. The fourth-order valence-corrected chi connectivity index (χ4v) is 2.72. The number of halogens is 2. The summed E-state index contributed by atoms with van der Waals surface area (Å²) in [5, 5.41) is 4.88. The van der Waals surface area contributed by atoms with Gasteiger partial charge in [0.15, 0.2) is 12.4 Å². The van der Waals surface area contributed by atoms with Crippen molar-refractivity contribution in [3.8, 4) is 0 Å². The molecule has 0 aliphatic heterocycles. The Kier molecular flexibility index (Phi) is 6.63. The highest BCUT2D eigenvalue weighted by atomic mass is 35.5. The number of esters is 1. The minimum Gasteiger partial charge on any atom is -0.454 e. The van der Waals surface area contributed by atoms with Gasteiger partial charge < -0.3 is 4.74 Å². The number of benzene rings is 2. The van der Waals surface area contributed by atoms with Gasteiger partial charge in [0.2, 0.25) is 0 Å². The summed E-state index contributed by atoms with van der Waals surface area (Å²) in [5.74, 6) is -0.986. The van der Waals surface area contributed by atoms with Crippen molar-refractivity contribution in [2.24, 2.45) is 0 Å². The van der Waals surface area contributed by atoms with Crippen LogP contribution < -0.4 is 0 Å². The molecular formula is C21H16Cl2N2O3. The van der Waals surface area contributed by atoms with E-state index < -0.39 is 5.97 Å². The lowest BCUT2D eigenvalue weighted by Gasteiger charge is -2.03. The first kappa shape index (κ1) is 19.9. The Bertz CT molecular complexity index is 1010. The maximum absolute atomic E-state index is 12.0. The Morgan fingerprint density at radius 3 is 2.61 bits per heavy atom. The van der Waals surface area contributed by atoms with Gasteiger partial charge in [-0.25, -0.2) is 4.79 Å². The Balaban J connectivity index is 1.51. The third kappa shape index (κ3) is 5.55. The summed E-state index contributed by atoms with van der Waals surface area (Å²) in [4.78, 5) is 23.9. The zero-order chi connectivity index (χ0) is 19.9. The first-order valence-corrected chi connectivity index (χ1v) is 9.16. The number of nitrogens with zero attached hydrogens (tertiary/aromatic N) is 2. The van der Waals surface area contributed by atoms with Crippen molar-refractivity contribution < 1.29 is 14.3 Å². The summed E-state index contributed by atoms with van der Waals surface area (Å²) in [5.41, 5.74) is 2.21. The van der Waals surface area contributed by atoms with Gasteiger partial charge in [0, 0.05) is 23.4 Å². The topological polar surface area (TPSA) is 61.2 Å². The molecule has 28 heavy (non-hydrogen) atoms. The maximum Gasteiger partial charge on any atom is 0.331 e. The number of hydrogen-bond donors (Lipinski definition) is 0. The molecule has 0 aliphatic rings. The molecule has 0 spiro atoms. The van der Waals surface area contributed by atoms with Gasteiger partial charge in [0.25, 0.3) is 0 Å². The van der Waals surface area contributed by atoms with Crippen molar-refractivity contribution in [3.05, 3.63) is 93.7 Å². The van der Waals surface area contributed by atoms with E-state index in [1.807, 2.05) is 36.5 Å². The normalized spacial score (nSPS) is 10.9. The number of carbonyl (C=O) groups excluding carboxylic acids is 2. The Morgan fingerprint density at radius 2 is 1.86 bits per heavy atom. The van der Waals surface area contributed by atoms with Gasteiger partial charge in [-0.05, 0) is 29.8 Å². The zero-order valence-corrected chi connectivity index (χ0v) is 16.2. The minimum atomic E-state index is -0.621. The van der Waals surface area contributed by atoms with Crippen LogP contribution in [0, 0.1) is 0 Å². The molecule has 5 nitrogen and oxygen atoms in total. The highest BCUT2D eigenvalue weighted by Gasteiger charge is 2.10. The van der Waals surface area contributed by atoms with E-state index in [0.717, 1.165) is 11.1 Å². The summed E-state index contributed by atoms with van der Waals surface area (Å²) in [7, 11) is 0. The molecule has 142 valence electrons. The number of rotatable bonds is 7. The van der Waals surface area contributed by atoms with E-state index in [-0.39, 0.29) is 17.4 Å².